The lowest BCUT2D eigenvalue weighted by molar-refractivity contribution is 0.910. The first kappa shape index (κ1) is 16.6. The molecule has 0 saturated heterocycles. The van der Waals surface area contributed by atoms with Crippen molar-refractivity contribution in [3.63, 3.8) is 0 Å². The Hall–Kier alpha value is -2.57. The molecule has 0 amide bonds. The van der Waals surface area contributed by atoms with Gasteiger partial charge in [-0.2, -0.15) is 0 Å². The Morgan fingerprint density at radius 1 is 1.04 bits per heavy atom. The van der Waals surface area contributed by atoms with E-state index < -0.39 is 0 Å². The number of aromatic nitrogens is 3. The Morgan fingerprint density at radius 2 is 1.81 bits per heavy atom. The first-order valence-corrected chi connectivity index (χ1v) is 10.3. The Morgan fingerprint density at radius 3 is 2.63 bits per heavy atom. The highest BCUT2D eigenvalue weighted by Crippen LogP contribution is 2.39. The third-order valence-corrected chi connectivity index (χ3v) is 6.29. The van der Waals surface area contributed by atoms with Crippen molar-refractivity contribution in [1.29, 1.82) is 0 Å². The molecule has 0 aliphatic carbocycles. The molecule has 3 heterocycles. The Bertz CT molecular complexity index is 1190. The van der Waals surface area contributed by atoms with E-state index in [9.17, 15) is 0 Å². The summed E-state index contributed by atoms with van der Waals surface area (Å²) in [6.07, 6.45) is 1.82. The van der Waals surface area contributed by atoms with Crippen molar-refractivity contribution in [3.05, 3.63) is 69.9 Å². The number of benzene rings is 2. The topological polar surface area (TPSA) is 34.0 Å². The summed E-state index contributed by atoms with van der Waals surface area (Å²) in [6.45, 7) is 3.03. The van der Waals surface area contributed by atoms with Crippen LogP contribution in [0.4, 0.5) is 11.5 Å². The summed E-state index contributed by atoms with van der Waals surface area (Å²) in [4.78, 5) is 12.1. The molecule has 0 bridgehead atoms. The maximum atomic E-state index is 5.72. The second-order valence-corrected chi connectivity index (χ2v) is 8.18. The Kier molecular flexibility index (Phi) is 4.02. The van der Waals surface area contributed by atoms with Crippen molar-refractivity contribution < 1.29 is 0 Å². The zero-order valence-corrected chi connectivity index (χ0v) is 16.6. The van der Waals surface area contributed by atoms with Gasteiger partial charge in [-0.15, -0.1) is 0 Å². The van der Waals surface area contributed by atoms with Gasteiger partial charge >= 0.3 is 0 Å². The van der Waals surface area contributed by atoms with E-state index in [-0.39, 0.29) is 0 Å². The molecular formula is C21H18N4S2. The molecule has 134 valence electrons. The lowest BCUT2D eigenvalue weighted by atomic mass is 10.2. The van der Waals surface area contributed by atoms with Crippen LogP contribution in [0.3, 0.4) is 0 Å². The van der Waals surface area contributed by atoms with Crippen LogP contribution >= 0.6 is 23.6 Å². The molecule has 27 heavy (non-hydrogen) atoms. The highest BCUT2D eigenvalue weighted by Gasteiger charge is 2.25. The number of hydrogen-bond acceptors (Lipinski definition) is 5. The van der Waals surface area contributed by atoms with E-state index in [0.29, 0.717) is 0 Å². The van der Waals surface area contributed by atoms with Crippen LogP contribution < -0.4 is 4.90 Å². The van der Waals surface area contributed by atoms with Crippen LogP contribution in [-0.2, 0) is 12.8 Å². The number of fused-ring (bicyclic) bond motifs is 2. The molecule has 0 spiro atoms. The highest BCUT2D eigenvalue weighted by molar-refractivity contribution is 7.73. The summed E-state index contributed by atoms with van der Waals surface area (Å²) in [7, 11) is 0. The minimum atomic E-state index is 0.788. The molecule has 0 unspecified atom stereocenters. The van der Waals surface area contributed by atoms with Gasteiger partial charge in [-0.05, 0) is 42.4 Å². The summed E-state index contributed by atoms with van der Waals surface area (Å²) in [5, 5.41) is 0. The van der Waals surface area contributed by atoms with Crippen molar-refractivity contribution >= 4 is 45.4 Å². The molecule has 0 fully saturated rings. The molecule has 4 nitrogen and oxygen atoms in total. The Labute approximate surface area is 166 Å². The first-order valence-electron chi connectivity index (χ1n) is 9.09. The molecule has 0 radical (unpaired) electrons. The number of aryl methyl sites for hydroxylation is 1. The van der Waals surface area contributed by atoms with E-state index in [1.165, 1.54) is 11.3 Å². The first-order chi connectivity index (χ1) is 13.3. The number of para-hydroxylation sites is 2. The van der Waals surface area contributed by atoms with Gasteiger partial charge in [0.2, 0.25) is 0 Å². The van der Waals surface area contributed by atoms with Gasteiger partial charge in [-0.25, -0.2) is 9.97 Å². The lowest BCUT2D eigenvalue weighted by Gasteiger charge is -2.19. The van der Waals surface area contributed by atoms with Crippen LogP contribution in [-0.4, -0.2) is 21.1 Å². The van der Waals surface area contributed by atoms with E-state index in [2.05, 4.69) is 52.8 Å². The van der Waals surface area contributed by atoms with E-state index >= 15 is 0 Å². The summed E-state index contributed by atoms with van der Waals surface area (Å²) >= 11 is 7.31. The van der Waals surface area contributed by atoms with Gasteiger partial charge < -0.3 is 4.90 Å². The molecule has 6 heteroatoms. The van der Waals surface area contributed by atoms with Crippen LogP contribution in [0.2, 0.25) is 0 Å². The Balaban J connectivity index is 1.79. The third-order valence-electron chi connectivity index (χ3n) is 4.93. The van der Waals surface area contributed by atoms with Gasteiger partial charge in [0.15, 0.2) is 15.4 Å². The SMILES string of the molecule is CCc1nc(N2CCc3ccccc32)c2sc(=S)n(-c3ccccc3)c2n1. The quantitative estimate of drug-likeness (QED) is 0.435. The average molecular weight is 391 g/mol. The summed E-state index contributed by atoms with van der Waals surface area (Å²) in [5.74, 6) is 1.83. The monoisotopic (exact) mass is 390 g/mol. The number of rotatable bonds is 3. The maximum Gasteiger partial charge on any atom is 0.168 e. The van der Waals surface area contributed by atoms with Gasteiger partial charge in [0.25, 0.3) is 0 Å². The lowest BCUT2D eigenvalue weighted by Crippen LogP contribution is -2.16. The molecule has 1 aliphatic heterocycles. The maximum absolute atomic E-state index is 5.72. The average Bonchev–Trinajstić information content (AvgIpc) is 3.28. The molecule has 5 rings (SSSR count). The van der Waals surface area contributed by atoms with Crippen LogP contribution in [0.5, 0.6) is 0 Å². The summed E-state index contributed by atoms with van der Waals surface area (Å²) < 4.78 is 3.92. The molecule has 2 aromatic heterocycles. The number of nitrogens with zero attached hydrogens (tertiary/aromatic N) is 4. The molecule has 4 aromatic rings. The van der Waals surface area contributed by atoms with Crippen molar-refractivity contribution in [2.75, 3.05) is 11.4 Å². The number of thiazole rings is 1. The summed E-state index contributed by atoms with van der Waals surface area (Å²) in [5.41, 5.74) is 4.56. The second-order valence-electron chi connectivity index (χ2n) is 6.54. The molecule has 1 aliphatic rings. The van der Waals surface area contributed by atoms with E-state index in [0.717, 1.165) is 51.0 Å². The smallest absolute Gasteiger partial charge is 0.168 e. The molecule has 0 N–H and O–H groups in total. The zero-order valence-electron chi connectivity index (χ0n) is 14.9. The van der Waals surface area contributed by atoms with Crippen LogP contribution in [0.25, 0.3) is 16.0 Å². The van der Waals surface area contributed by atoms with E-state index in [4.69, 9.17) is 22.2 Å². The standard InChI is InChI=1S/C21H18N4S2/c1-2-17-22-19(24-13-12-14-8-6-7-11-16(14)24)18-20(23-17)25(21(26)27-18)15-9-4-3-5-10-15/h3-11H,2,12-13H2,1H3. The van der Waals surface area contributed by atoms with Crippen LogP contribution in [0, 0.1) is 3.95 Å². The van der Waals surface area contributed by atoms with Gasteiger partial charge in [-0.3, -0.25) is 4.57 Å². The fraction of sp³-hybridized carbons (Fsp3) is 0.190. The fourth-order valence-electron chi connectivity index (χ4n) is 3.64. The minimum Gasteiger partial charge on any atom is -0.324 e. The predicted molar refractivity (Wildman–Crippen MR) is 114 cm³/mol. The largest absolute Gasteiger partial charge is 0.324 e. The normalized spacial score (nSPS) is 13.3. The van der Waals surface area contributed by atoms with Crippen LogP contribution in [0.15, 0.2) is 54.6 Å². The minimum absolute atomic E-state index is 0.788. The summed E-state index contributed by atoms with van der Waals surface area (Å²) in [6, 6.07) is 18.8. The van der Waals surface area contributed by atoms with Crippen molar-refractivity contribution in [3.8, 4) is 5.69 Å². The fourth-order valence-corrected chi connectivity index (χ4v) is 5.01. The highest BCUT2D eigenvalue weighted by atomic mass is 32.1. The van der Waals surface area contributed by atoms with Gasteiger partial charge in [0, 0.05) is 24.3 Å². The van der Waals surface area contributed by atoms with Crippen molar-refractivity contribution in [1.82, 2.24) is 14.5 Å². The second kappa shape index (κ2) is 6.55. The van der Waals surface area contributed by atoms with Gasteiger partial charge in [0.1, 0.15) is 10.5 Å². The number of anilines is 2. The molecule has 0 saturated carbocycles. The van der Waals surface area contributed by atoms with Gasteiger partial charge in [0.05, 0.1) is 0 Å². The van der Waals surface area contributed by atoms with Crippen molar-refractivity contribution in [2.45, 2.75) is 19.8 Å². The zero-order chi connectivity index (χ0) is 18.4. The van der Waals surface area contributed by atoms with Gasteiger partial charge in [-0.1, -0.05) is 54.7 Å². The van der Waals surface area contributed by atoms with E-state index in [1.807, 2.05) is 18.2 Å². The third kappa shape index (κ3) is 2.67. The molecule has 2 aromatic carbocycles. The molecule has 0 atom stereocenters. The van der Waals surface area contributed by atoms with Crippen LogP contribution in [0.1, 0.15) is 18.3 Å². The predicted octanol–water partition coefficient (Wildman–Crippen LogP) is 5.47. The molecular weight excluding hydrogens is 372 g/mol. The van der Waals surface area contributed by atoms with Crippen molar-refractivity contribution in [2.24, 2.45) is 0 Å². The van der Waals surface area contributed by atoms with E-state index in [1.54, 1.807) is 11.3 Å². The number of hydrogen-bond donors (Lipinski definition) is 0.